The molecule has 1 aromatic rings. The van der Waals surface area contributed by atoms with Crippen LogP contribution in [0, 0.1) is 6.92 Å². The maximum Gasteiger partial charge on any atom is 0.223 e. The zero-order valence-electron chi connectivity index (χ0n) is 12.4. The van der Waals surface area contributed by atoms with Crippen LogP contribution in [0.4, 0.5) is 5.95 Å². The van der Waals surface area contributed by atoms with Crippen molar-refractivity contribution >= 4 is 17.7 Å². The molecule has 3 nitrogen and oxygen atoms in total. The third-order valence-corrected chi connectivity index (χ3v) is 4.82. The van der Waals surface area contributed by atoms with E-state index in [-0.39, 0.29) is 0 Å². The molecule has 1 aliphatic carbocycles. The molecule has 4 heteroatoms. The van der Waals surface area contributed by atoms with E-state index < -0.39 is 0 Å². The van der Waals surface area contributed by atoms with Crippen LogP contribution in [-0.4, -0.2) is 27.0 Å². The van der Waals surface area contributed by atoms with Gasteiger partial charge < -0.3 is 5.32 Å². The molecule has 1 saturated carbocycles. The zero-order chi connectivity index (χ0) is 13.8. The van der Waals surface area contributed by atoms with Crippen LogP contribution in [0.3, 0.4) is 0 Å². The van der Waals surface area contributed by atoms with E-state index in [0.29, 0.717) is 12.0 Å². The highest BCUT2D eigenvalue weighted by molar-refractivity contribution is 7.99. The van der Waals surface area contributed by atoms with Crippen molar-refractivity contribution < 1.29 is 0 Å². The van der Waals surface area contributed by atoms with Crippen molar-refractivity contribution in [3.05, 3.63) is 17.5 Å². The van der Waals surface area contributed by atoms with E-state index >= 15 is 0 Å². The summed E-state index contributed by atoms with van der Waals surface area (Å²) in [6.45, 7) is 8.64. The molecular formula is C15H25N3S. The van der Waals surface area contributed by atoms with Gasteiger partial charge in [-0.3, -0.25) is 0 Å². The van der Waals surface area contributed by atoms with Crippen LogP contribution in [0.5, 0.6) is 0 Å². The average molecular weight is 279 g/mol. The Balaban J connectivity index is 1.99. The van der Waals surface area contributed by atoms with Gasteiger partial charge in [0.1, 0.15) is 0 Å². The minimum absolute atomic E-state index is 0.453. The van der Waals surface area contributed by atoms with E-state index in [9.17, 15) is 0 Å². The first-order valence-corrected chi connectivity index (χ1v) is 8.37. The minimum atomic E-state index is 0.453. The third kappa shape index (κ3) is 4.10. The molecule has 19 heavy (non-hydrogen) atoms. The Bertz CT molecular complexity index is 420. The van der Waals surface area contributed by atoms with Crippen LogP contribution in [0.15, 0.2) is 6.07 Å². The second kappa shape index (κ2) is 6.60. The molecule has 2 atom stereocenters. The molecule has 2 rings (SSSR count). The van der Waals surface area contributed by atoms with Gasteiger partial charge >= 0.3 is 0 Å². The van der Waals surface area contributed by atoms with Crippen molar-refractivity contribution in [1.29, 1.82) is 0 Å². The molecular weight excluding hydrogens is 254 g/mol. The Morgan fingerprint density at radius 2 is 2.16 bits per heavy atom. The summed E-state index contributed by atoms with van der Waals surface area (Å²) in [5.41, 5.74) is 2.19. The normalized spacial score (nSPS) is 23.0. The van der Waals surface area contributed by atoms with Crippen molar-refractivity contribution in [3.63, 3.8) is 0 Å². The van der Waals surface area contributed by atoms with Crippen molar-refractivity contribution in [2.45, 2.75) is 64.2 Å². The van der Waals surface area contributed by atoms with Crippen molar-refractivity contribution in [1.82, 2.24) is 9.97 Å². The monoisotopic (exact) mass is 279 g/mol. The molecule has 1 N–H and O–H groups in total. The Labute approximate surface area is 121 Å². The van der Waals surface area contributed by atoms with Gasteiger partial charge in [-0.1, -0.05) is 20.8 Å². The highest BCUT2D eigenvalue weighted by Gasteiger charge is 2.25. The number of aryl methyl sites for hydroxylation is 1. The summed E-state index contributed by atoms with van der Waals surface area (Å²) in [7, 11) is 0. The van der Waals surface area contributed by atoms with Gasteiger partial charge in [0.15, 0.2) is 0 Å². The van der Waals surface area contributed by atoms with Crippen LogP contribution < -0.4 is 5.32 Å². The quantitative estimate of drug-likeness (QED) is 0.884. The summed E-state index contributed by atoms with van der Waals surface area (Å²) in [4.78, 5) is 9.16. The highest BCUT2D eigenvalue weighted by Crippen LogP contribution is 2.31. The Morgan fingerprint density at radius 3 is 2.84 bits per heavy atom. The lowest BCUT2D eigenvalue weighted by Gasteiger charge is -2.15. The van der Waals surface area contributed by atoms with E-state index in [1.807, 2.05) is 6.92 Å². The minimum Gasteiger partial charge on any atom is -0.351 e. The molecule has 2 unspecified atom stereocenters. The maximum absolute atomic E-state index is 4.64. The fourth-order valence-corrected chi connectivity index (χ4v) is 3.74. The molecule has 0 aliphatic heterocycles. The van der Waals surface area contributed by atoms with E-state index in [0.717, 1.165) is 22.6 Å². The molecule has 0 bridgehead atoms. The van der Waals surface area contributed by atoms with Gasteiger partial charge in [-0.25, -0.2) is 9.97 Å². The SMILES string of the molecule is CCSC1CCC(Nc2nc(C)cc(C(C)C)n2)C1. The topological polar surface area (TPSA) is 37.8 Å². The average Bonchev–Trinajstić information content (AvgIpc) is 2.76. The van der Waals surface area contributed by atoms with Crippen molar-refractivity contribution in [3.8, 4) is 0 Å². The molecule has 0 spiro atoms. The molecule has 1 aliphatic rings. The number of anilines is 1. The molecule has 1 aromatic heterocycles. The highest BCUT2D eigenvalue weighted by atomic mass is 32.2. The molecule has 0 aromatic carbocycles. The number of aromatic nitrogens is 2. The fraction of sp³-hybridized carbons (Fsp3) is 0.733. The smallest absolute Gasteiger partial charge is 0.223 e. The second-order valence-corrected chi connectivity index (χ2v) is 7.22. The summed E-state index contributed by atoms with van der Waals surface area (Å²) in [5.74, 6) is 2.49. The number of hydrogen-bond acceptors (Lipinski definition) is 4. The molecule has 0 saturated heterocycles. The molecule has 1 heterocycles. The summed E-state index contributed by atoms with van der Waals surface area (Å²) in [6.07, 6.45) is 3.80. The summed E-state index contributed by atoms with van der Waals surface area (Å²) >= 11 is 2.08. The van der Waals surface area contributed by atoms with E-state index in [1.54, 1.807) is 0 Å². The summed E-state index contributed by atoms with van der Waals surface area (Å²) in [6, 6.07) is 2.63. The summed E-state index contributed by atoms with van der Waals surface area (Å²) < 4.78 is 0. The Kier molecular flexibility index (Phi) is 5.08. The lowest BCUT2D eigenvalue weighted by Crippen LogP contribution is -2.18. The van der Waals surface area contributed by atoms with E-state index in [2.05, 4.69) is 53.9 Å². The molecule has 106 valence electrons. The predicted octanol–water partition coefficient (Wildman–Crippen LogP) is 3.99. The number of hydrogen-bond donors (Lipinski definition) is 1. The number of thioether (sulfide) groups is 1. The zero-order valence-corrected chi connectivity index (χ0v) is 13.3. The van der Waals surface area contributed by atoms with Crippen LogP contribution in [0.1, 0.15) is 57.3 Å². The Morgan fingerprint density at radius 1 is 1.37 bits per heavy atom. The van der Waals surface area contributed by atoms with Crippen LogP contribution in [-0.2, 0) is 0 Å². The predicted molar refractivity (Wildman–Crippen MR) is 84.0 cm³/mol. The number of nitrogens with zero attached hydrogens (tertiary/aromatic N) is 2. The lowest BCUT2D eigenvalue weighted by atomic mass is 10.1. The van der Waals surface area contributed by atoms with Gasteiger partial charge in [0, 0.05) is 22.7 Å². The summed E-state index contributed by atoms with van der Waals surface area (Å²) in [5, 5.41) is 4.35. The number of rotatable bonds is 5. The first-order valence-electron chi connectivity index (χ1n) is 7.32. The van der Waals surface area contributed by atoms with Gasteiger partial charge in [-0.15, -0.1) is 0 Å². The van der Waals surface area contributed by atoms with E-state index in [1.165, 1.54) is 25.0 Å². The third-order valence-electron chi connectivity index (χ3n) is 3.59. The van der Waals surface area contributed by atoms with Gasteiger partial charge in [0.2, 0.25) is 5.95 Å². The molecule has 1 fully saturated rings. The van der Waals surface area contributed by atoms with Gasteiger partial charge in [0.25, 0.3) is 0 Å². The Hall–Kier alpha value is -0.770. The number of nitrogens with one attached hydrogen (secondary N) is 1. The van der Waals surface area contributed by atoms with Crippen LogP contribution in [0.25, 0.3) is 0 Å². The van der Waals surface area contributed by atoms with Crippen molar-refractivity contribution in [2.24, 2.45) is 0 Å². The van der Waals surface area contributed by atoms with Gasteiger partial charge in [-0.05, 0) is 43.9 Å². The first kappa shape index (κ1) is 14.6. The molecule has 0 radical (unpaired) electrons. The molecule has 0 amide bonds. The van der Waals surface area contributed by atoms with Gasteiger partial charge in [0.05, 0.1) is 0 Å². The van der Waals surface area contributed by atoms with Crippen LogP contribution >= 0.6 is 11.8 Å². The lowest BCUT2D eigenvalue weighted by molar-refractivity contribution is 0.735. The fourth-order valence-electron chi connectivity index (χ4n) is 2.59. The second-order valence-electron chi connectivity index (χ2n) is 5.64. The largest absolute Gasteiger partial charge is 0.351 e. The standard InChI is InChI=1S/C15H25N3S/c1-5-19-13-7-6-12(9-13)17-15-16-11(4)8-14(18-15)10(2)3/h8,10,12-13H,5-7,9H2,1-4H3,(H,16,17,18). The first-order chi connectivity index (χ1) is 9.08. The van der Waals surface area contributed by atoms with E-state index in [4.69, 9.17) is 0 Å². The maximum atomic E-state index is 4.64. The van der Waals surface area contributed by atoms with Gasteiger partial charge in [-0.2, -0.15) is 11.8 Å². The van der Waals surface area contributed by atoms with Crippen molar-refractivity contribution in [2.75, 3.05) is 11.1 Å². The van der Waals surface area contributed by atoms with Crippen LogP contribution in [0.2, 0.25) is 0 Å².